The number of hydrogen-bond acceptors (Lipinski definition) is 7. The molecule has 0 aliphatic heterocycles. The zero-order valence-electron chi connectivity index (χ0n) is 39.2. The van der Waals surface area contributed by atoms with E-state index < -0.39 is 19.9 Å². The molecule has 0 rings (SSSR count). The van der Waals surface area contributed by atoms with Gasteiger partial charge in [-0.05, 0) is 45.4 Å². The first-order valence-electron chi connectivity index (χ1n) is 25.5. The Labute approximate surface area is 365 Å². The third-order valence-corrected chi connectivity index (χ3v) is 12.4. The number of carbonyl (C=O) groups excluding carboxylic acids is 2. The molecule has 0 saturated heterocycles. The number of carbonyl (C=O) groups is 2. The van der Waals surface area contributed by atoms with Gasteiger partial charge in [0.05, 0.1) is 13.2 Å². The molecule has 0 aromatic heterocycles. The zero-order valence-corrected chi connectivity index (χ0v) is 40.1. The molecule has 0 aromatic carbocycles. The molecule has 2 atom stereocenters. The summed E-state index contributed by atoms with van der Waals surface area (Å²) in [5.74, 6) is -0.782. The molecule has 2 unspecified atom stereocenters. The van der Waals surface area contributed by atoms with E-state index in [2.05, 4.69) is 26.0 Å². The highest BCUT2D eigenvalue weighted by atomic mass is 31.2. The summed E-state index contributed by atoms with van der Waals surface area (Å²) in [6, 6.07) is 0. The van der Waals surface area contributed by atoms with Crippen LogP contribution in [-0.4, -0.2) is 42.8 Å². The Morgan fingerprint density at radius 2 is 0.763 bits per heavy atom. The van der Waals surface area contributed by atoms with Gasteiger partial charge in [-0.1, -0.05) is 225 Å². The van der Waals surface area contributed by atoms with Gasteiger partial charge in [0.2, 0.25) is 0 Å². The fourth-order valence-electron chi connectivity index (χ4n) is 7.57. The smallest absolute Gasteiger partial charge is 0.462 e. The van der Waals surface area contributed by atoms with Gasteiger partial charge >= 0.3 is 19.8 Å². The summed E-state index contributed by atoms with van der Waals surface area (Å²) in [5.41, 5.74) is 0. The third-order valence-electron chi connectivity index (χ3n) is 11.3. The summed E-state index contributed by atoms with van der Waals surface area (Å²) in [6.45, 7) is 5.53. The minimum atomic E-state index is -4.28. The van der Waals surface area contributed by atoms with Crippen LogP contribution in [0.2, 0.25) is 0 Å². The molecule has 0 heterocycles. The maximum Gasteiger partial charge on any atom is 0.472 e. The van der Waals surface area contributed by atoms with E-state index in [4.69, 9.17) is 18.5 Å². The van der Waals surface area contributed by atoms with Crippen LogP contribution in [0.3, 0.4) is 0 Å². The van der Waals surface area contributed by atoms with Gasteiger partial charge in [0.15, 0.2) is 6.10 Å². The van der Waals surface area contributed by atoms with Crippen LogP contribution in [0.15, 0.2) is 12.2 Å². The largest absolute Gasteiger partial charge is 0.472 e. The van der Waals surface area contributed by atoms with Gasteiger partial charge in [-0.3, -0.25) is 18.6 Å². The number of unbranched alkanes of at least 4 members (excludes halogenated alkanes) is 34. The monoisotopic (exact) mass is 857 g/mol. The minimum Gasteiger partial charge on any atom is -0.462 e. The summed E-state index contributed by atoms with van der Waals surface area (Å²) in [5, 5.41) is 0. The van der Waals surface area contributed by atoms with Crippen molar-refractivity contribution < 1.29 is 37.6 Å². The standard InChI is InChI=1S/C50H97O8P/c1-4-7-9-11-13-15-17-19-21-23-25-27-28-30-32-34-36-38-40-42-44-49(51)55-46-48(47-57-59(53,54)56-6-3)58-50(52)45-43-41-39-37-35-33-31-29-26-24-22-20-18-16-14-12-10-8-5-2/h20,22,48H,4-19,21,23-47H2,1-3H3,(H,53,54)/b22-20-. The number of phosphoric acid groups is 1. The van der Waals surface area contributed by atoms with Gasteiger partial charge in [0, 0.05) is 12.8 Å². The van der Waals surface area contributed by atoms with E-state index in [1.54, 1.807) is 6.92 Å². The highest BCUT2D eigenvalue weighted by Crippen LogP contribution is 2.43. The van der Waals surface area contributed by atoms with E-state index in [0.717, 1.165) is 32.1 Å². The fraction of sp³-hybridized carbons (Fsp3) is 0.920. The quantitative estimate of drug-likeness (QED) is 0.0279. The number of hydrogen-bond donors (Lipinski definition) is 1. The first kappa shape index (κ1) is 57.8. The predicted octanol–water partition coefficient (Wildman–Crippen LogP) is 16.4. The van der Waals surface area contributed by atoms with Gasteiger partial charge in [0.25, 0.3) is 0 Å². The van der Waals surface area contributed by atoms with Crippen LogP contribution in [0.5, 0.6) is 0 Å². The van der Waals surface area contributed by atoms with Gasteiger partial charge < -0.3 is 14.4 Å². The van der Waals surface area contributed by atoms with Crippen molar-refractivity contribution in [2.45, 2.75) is 277 Å². The maximum absolute atomic E-state index is 12.6. The Kier molecular flexibility index (Phi) is 45.3. The molecule has 0 spiro atoms. The average molecular weight is 857 g/mol. The summed E-state index contributed by atoms with van der Waals surface area (Å²) < 4.78 is 32.8. The lowest BCUT2D eigenvalue weighted by Crippen LogP contribution is -2.29. The Morgan fingerprint density at radius 1 is 0.441 bits per heavy atom. The van der Waals surface area contributed by atoms with E-state index >= 15 is 0 Å². The Hall–Kier alpha value is -1.21. The molecule has 0 aliphatic carbocycles. The van der Waals surface area contributed by atoms with Crippen molar-refractivity contribution in [3.63, 3.8) is 0 Å². The first-order valence-corrected chi connectivity index (χ1v) is 27.0. The Bertz CT molecular complexity index is 973. The number of esters is 2. The van der Waals surface area contributed by atoms with Crippen LogP contribution in [-0.2, 0) is 32.7 Å². The third kappa shape index (κ3) is 46.1. The molecule has 0 fully saturated rings. The van der Waals surface area contributed by atoms with Crippen molar-refractivity contribution in [3.05, 3.63) is 12.2 Å². The summed E-state index contributed by atoms with van der Waals surface area (Å²) in [7, 11) is -4.28. The van der Waals surface area contributed by atoms with Crippen molar-refractivity contribution in [1.82, 2.24) is 0 Å². The van der Waals surface area contributed by atoms with Crippen LogP contribution in [0.4, 0.5) is 0 Å². The van der Waals surface area contributed by atoms with Crippen molar-refractivity contribution in [2.75, 3.05) is 19.8 Å². The topological polar surface area (TPSA) is 108 Å². The lowest BCUT2D eigenvalue weighted by atomic mass is 10.0. The van der Waals surface area contributed by atoms with E-state index in [1.165, 1.54) is 199 Å². The van der Waals surface area contributed by atoms with E-state index in [-0.39, 0.29) is 32.2 Å². The maximum atomic E-state index is 12.6. The molecule has 0 amide bonds. The predicted molar refractivity (Wildman–Crippen MR) is 249 cm³/mol. The second kappa shape index (κ2) is 46.3. The molecule has 0 aromatic rings. The highest BCUT2D eigenvalue weighted by molar-refractivity contribution is 7.47. The summed E-state index contributed by atoms with van der Waals surface area (Å²) in [6.07, 6.45) is 51.3. The van der Waals surface area contributed by atoms with Crippen molar-refractivity contribution in [3.8, 4) is 0 Å². The van der Waals surface area contributed by atoms with E-state index in [0.29, 0.717) is 12.8 Å². The molecule has 0 radical (unpaired) electrons. The minimum absolute atomic E-state index is 0.00366. The molecule has 1 N–H and O–H groups in total. The van der Waals surface area contributed by atoms with Crippen LogP contribution in [0, 0.1) is 0 Å². The van der Waals surface area contributed by atoms with Crippen LogP contribution < -0.4 is 0 Å². The number of allylic oxidation sites excluding steroid dienone is 2. The molecule has 0 bridgehead atoms. The van der Waals surface area contributed by atoms with E-state index in [9.17, 15) is 19.0 Å². The van der Waals surface area contributed by atoms with Gasteiger partial charge in [-0.25, -0.2) is 4.57 Å². The number of phosphoric ester groups is 1. The molecule has 9 heteroatoms. The van der Waals surface area contributed by atoms with Gasteiger partial charge in [-0.2, -0.15) is 0 Å². The SMILES string of the molecule is CCCCCCCC/C=C\CCCCCCCCCCCC(=O)OC(COC(=O)CCCCCCCCCCCCCCCCCCCCCC)COP(=O)(O)OCC. The van der Waals surface area contributed by atoms with Crippen LogP contribution in [0.25, 0.3) is 0 Å². The summed E-state index contributed by atoms with van der Waals surface area (Å²) >= 11 is 0. The van der Waals surface area contributed by atoms with Gasteiger partial charge in [0.1, 0.15) is 6.61 Å². The number of rotatable bonds is 48. The lowest BCUT2D eigenvalue weighted by Gasteiger charge is -2.19. The van der Waals surface area contributed by atoms with Crippen LogP contribution in [0.1, 0.15) is 271 Å². The summed E-state index contributed by atoms with van der Waals surface area (Å²) in [4.78, 5) is 34.9. The van der Waals surface area contributed by atoms with Crippen molar-refractivity contribution in [1.29, 1.82) is 0 Å². The molecular formula is C50H97O8P. The van der Waals surface area contributed by atoms with Gasteiger partial charge in [-0.15, -0.1) is 0 Å². The molecular weight excluding hydrogens is 760 g/mol. The Balaban J connectivity index is 3.94. The first-order chi connectivity index (χ1) is 28.8. The fourth-order valence-corrected chi connectivity index (χ4v) is 8.32. The molecule has 8 nitrogen and oxygen atoms in total. The normalized spacial score (nSPS) is 13.2. The van der Waals surface area contributed by atoms with Crippen LogP contribution >= 0.6 is 7.82 Å². The van der Waals surface area contributed by atoms with E-state index in [1.807, 2.05) is 0 Å². The Morgan fingerprint density at radius 3 is 1.12 bits per heavy atom. The lowest BCUT2D eigenvalue weighted by molar-refractivity contribution is -0.161. The molecule has 350 valence electrons. The zero-order chi connectivity index (χ0) is 43.2. The van der Waals surface area contributed by atoms with Crippen molar-refractivity contribution in [2.24, 2.45) is 0 Å². The second-order valence-corrected chi connectivity index (χ2v) is 18.6. The molecule has 0 aliphatic rings. The molecule has 0 saturated carbocycles. The number of ether oxygens (including phenoxy) is 2. The average Bonchev–Trinajstić information content (AvgIpc) is 3.22. The molecule has 59 heavy (non-hydrogen) atoms. The second-order valence-electron chi connectivity index (χ2n) is 17.2. The highest BCUT2D eigenvalue weighted by Gasteiger charge is 2.25. The van der Waals surface area contributed by atoms with Crippen molar-refractivity contribution >= 4 is 19.8 Å².